The smallest absolute Gasteiger partial charge is 0.270 e. The Labute approximate surface area is 141 Å². The van der Waals surface area contributed by atoms with Gasteiger partial charge in [0.1, 0.15) is 5.69 Å². The van der Waals surface area contributed by atoms with Gasteiger partial charge < -0.3 is 15.0 Å². The molecule has 0 bridgehead atoms. The van der Waals surface area contributed by atoms with Gasteiger partial charge in [0.25, 0.3) is 5.91 Å². The fraction of sp³-hybridized carbons (Fsp3) is 0.750. The highest BCUT2D eigenvalue weighted by atomic mass is 32.1. The molecule has 2 fully saturated rings. The van der Waals surface area contributed by atoms with E-state index in [1.807, 2.05) is 12.3 Å². The van der Waals surface area contributed by atoms with Crippen molar-refractivity contribution in [3.63, 3.8) is 0 Å². The van der Waals surface area contributed by atoms with Gasteiger partial charge in [-0.2, -0.15) is 0 Å². The third-order valence-corrected chi connectivity index (χ3v) is 5.46. The lowest BCUT2D eigenvalue weighted by Gasteiger charge is -2.40. The monoisotopic (exact) mass is 338 g/mol. The molecule has 3 rings (SSSR count). The Kier molecular flexibility index (Phi) is 5.85. The first kappa shape index (κ1) is 16.7. The van der Waals surface area contributed by atoms with Crippen molar-refractivity contribution in [1.82, 2.24) is 15.2 Å². The van der Waals surface area contributed by atoms with Gasteiger partial charge in [0.15, 0.2) is 5.13 Å². The fourth-order valence-electron chi connectivity index (χ4n) is 3.21. The van der Waals surface area contributed by atoms with Crippen LogP contribution in [0.25, 0.3) is 0 Å². The number of hydrogen-bond donors (Lipinski definition) is 1. The summed E-state index contributed by atoms with van der Waals surface area (Å²) in [4.78, 5) is 21.4. The second-order valence-corrected chi connectivity index (χ2v) is 6.97. The second kappa shape index (κ2) is 8.08. The zero-order chi connectivity index (χ0) is 16.1. The molecule has 6 nitrogen and oxygen atoms in total. The van der Waals surface area contributed by atoms with Crippen LogP contribution in [0, 0.1) is 0 Å². The third-order valence-electron chi connectivity index (χ3n) is 4.56. The van der Waals surface area contributed by atoms with Gasteiger partial charge in [-0.3, -0.25) is 9.69 Å². The van der Waals surface area contributed by atoms with Gasteiger partial charge >= 0.3 is 0 Å². The van der Waals surface area contributed by atoms with E-state index < -0.39 is 0 Å². The first-order chi connectivity index (χ1) is 11.3. The molecule has 0 saturated carbocycles. The van der Waals surface area contributed by atoms with Crippen LogP contribution in [-0.4, -0.2) is 67.8 Å². The minimum Gasteiger partial charge on any atom is -0.379 e. The molecule has 1 amide bonds. The molecule has 0 atom stereocenters. The summed E-state index contributed by atoms with van der Waals surface area (Å²) in [6.07, 6.45) is 3.27. The molecule has 0 unspecified atom stereocenters. The van der Waals surface area contributed by atoms with E-state index in [-0.39, 0.29) is 5.91 Å². The lowest BCUT2D eigenvalue weighted by molar-refractivity contribution is 0.0115. The number of aromatic nitrogens is 1. The molecule has 1 aromatic heterocycles. The standard InChI is InChI=1S/C16H26N4O2S/c1-2-5-17-15(21)14-12-23-16(18-14)20-6-3-13(4-7-20)19-8-10-22-11-9-19/h12-13H,2-11H2,1H3,(H,17,21). The lowest BCUT2D eigenvalue weighted by atomic mass is 10.0. The van der Waals surface area contributed by atoms with Crippen molar-refractivity contribution in [2.75, 3.05) is 50.8 Å². The Hall–Kier alpha value is -1.18. The number of carbonyl (C=O) groups is 1. The maximum atomic E-state index is 12.0. The Balaban J connectivity index is 1.51. The lowest BCUT2D eigenvalue weighted by Crippen LogP contribution is -2.49. The number of rotatable bonds is 5. The van der Waals surface area contributed by atoms with Crippen LogP contribution < -0.4 is 10.2 Å². The van der Waals surface area contributed by atoms with Crippen molar-refractivity contribution in [3.8, 4) is 0 Å². The van der Waals surface area contributed by atoms with Crippen molar-refractivity contribution in [2.45, 2.75) is 32.2 Å². The maximum absolute atomic E-state index is 12.0. The van der Waals surface area contributed by atoms with Crippen molar-refractivity contribution in [3.05, 3.63) is 11.1 Å². The highest BCUT2D eigenvalue weighted by Crippen LogP contribution is 2.26. The molecule has 2 saturated heterocycles. The maximum Gasteiger partial charge on any atom is 0.270 e. The van der Waals surface area contributed by atoms with Crippen LogP contribution in [0.5, 0.6) is 0 Å². The second-order valence-electron chi connectivity index (χ2n) is 6.14. The highest BCUT2D eigenvalue weighted by molar-refractivity contribution is 7.13. The van der Waals surface area contributed by atoms with Gasteiger partial charge in [-0.15, -0.1) is 11.3 Å². The Morgan fingerprint density at radius 2 is 2.09 bits per heavy atom. The number of carbonyl (C=O) groups excluding carboxylic acids is 1. The molecule has 23 heavy (non-hydrogen) atoms. The molecule has 7 heteroatoms. The third kappa shape index (κ3) is 4.22. The number of morpholine rings is 1. The van der Waals surface area contributed by atoms with Crippen molar-refractivity contribution in [1.29, 1.82) is 0 Å². The van der Waals surface area contributed by atoms with E-state index >= 15 is 0 Å². The number of hydrogen-bond acceptors (Lipinski definition) is 6. The van der Waals surface area contributed by atoms with Gasteiger partial charge in [-0.05, 0) is 19.3 Å². The highest BCUT2D eigenvalue weighted by Gasteiger charge is 2.27. The van der Waals surface area contributed by atoms with E-state index in [2.05, 4.69) is 20.1 Å². The van der Waals surface area contributed by atoms with Crippen molar-refractivity contribution >= 4 is 22.4 Å². The van der Waals surface area contributed by atoms with Crippen LogP contribution in [0.3, 0.4) is 0 Å². The predicted molar refractivity (Wildman–Crippen MR) is 92.4 cm³/mol. The molecule has 0 aromatic carbocycles. The van der Waals surface area contributed by atoms with E-state index in [1.165, 1.54) is 0 Å². The predicted octanol–water partition coefficient (Wildman–Crippen LogP) is 1.58. The molecule has 0 aliphatic carbocycles. The van der Waals surface area contributed by atoms with Gasteiger partial charge in [0.05, 0.1) is 13.2 Å². The SMILES string of the molecule is CCCNC(=O)c1csc(N2CCC(N3CCOCC3)CC2)n1. The zero-order valence-electron chi connectivity index (χ0n) is 13.8. The number of anilines is 1. The van der Waals surface area contributed by atoms with E-state index in [4.69, 9.17) is 4.74 Å². The van der Waals surface area contributed by atoms with E-state index in [9.17, 15) is 4.79 Å². The summed E-state index contributed by atoms with van der Waals surface area (Å²) >= 11 is 1.58. The minimum atomic E-state index is -0.0578. The summed E-state index contributed by atoms with van der Waals surface area (Å²) in [7, 11) is 0. The van der Waals surface area contributed by atoms with Gasteiger partial charge in [-0.1, -0.05) is 6.92 Å². The molecule has 0 spiro atoms. The van der Waals surface area contributed by atoms with Crippen LogP contribution in [0.1, 0.15) is 36.7 Å². The Morgan fingerprint density at radius 3 is 2.78 bits per heavy atom. The van der Waals surface area contributed by atoms with E-state index in [0.29, 0.717) is 18.3 Å². The Bertz CT molecular complexity index is 508. The van der Waals surface area contributed by atoms with Gasteiger partial charge in [-0.25, -0.2) is 4.98 Å². The average molecular weight is 338 g/mol. The molecule has 1 aromatic rings. The van der Waals surface area contributed by atoms with Crippen molar-refractivity contribution < 1.29 is 9.53 Å². The van der Waals surface area contributed by atoms with Crippen LogP contribution >= 0.6 is 11.3 Å². The topological polar surface area (TPSA) is 57.7 Å². The number of amides is 1. The molecule has 1 N–H and O–H groups in total. The minimum absolute atomic E-state index is 0.0578. The molecule has 2 aliphatic heterocycles. The van der Waals surface area contributed by atoms with Crippen LogP contribution in [0.2, 0.25) is 0 Å². The summed E-state index contributed by atoms with van der Waals surface area (Å²) in [5.74, 6) is -0.0578. The molecule has 3 heterocycles. The van der Waals surface area contributed by atoms with Crippen molar-refractivity contribution in [2.24, 2.45) is 0 Å². The van der Waals surface area contributed by atoms with Crippen LogP contribution in [-0.2, 0) is 4.74 Å². The molecule has 128 valence electrons. The molecular weight excluding hydrogens is 312 g/mol. The molecule has 2 aliphatic rings. The normalized spacial score (nSPS) is 20.7. The van der Waals surface area contributed by atoms with E-state index in [0.717, 1.165) is 63.8 Å². The summed E-state index contributed by atoms with van der Waals surface area (Å²) in [5.41, 5.74) is 0.550. The summed E-state index contributed by atoms with van der Waals surface area (Å²) < 4.78 is 5.44. The van der Waals surface area contributed by atoms with Gasteiger partial charge in [0.2, 0.25) is 0 Å². The van der Waals surface area contributed by atoms with Crippen LogP contribution in [0.4, 0.5) is 5.13 Å². The van der Waals surface area contributed by atoms with Crippen LogP contribution in [0.15, 0.2) is 5.38 Å². The quantitative estimate of drug-likeness (QED) is 0.883. The number of nitrogens with zero attached hydrogens (tertiary/aromatic N) is 3. The first-order valence-corrected chi connectivity index (χ1v) is 9.46. The number of nitrogens with one attached hydrogen (secondary N) is 1. The molecular formula is C16H26N4O2S. The van der Waals surface area contributed by atoms with Gasteiger partial charge in [0, 0.05) is 44.1 Å². The number of piperidine rings is 1. The first-order valence-electron chi connectivity index (χ1n) is 8.58. The van der Waals surface area contributed by atoms with E-state index in [1.54, 1.807) is 11.3 Å². The average Bonchev–Trinajstić information content (AvgIpc) is 3.11. The fourth-order valence-corrected chi connectivity index (χ4v) is 4.07. The largest absolute Gasteiger partial charge is 0.379 e. The zero-order valence-corrected chi connectivity index (χ0v) is 14.6. The number of ether oxygens (including phenoxy) is 1. The summed E-state index contributed by atoms with van der Waals surface area (Å²) in [6.45, 7) is 8.64. The molecule has 0 radical (unpaired) electrons. The Morgan fingerprint density at radius 1 is 1.35 bits per heavy atom. The number of thiazole rings is 1. The summed E-state index contributed by atoms with van der Waals surface area (Å²) in [5, 5.41) is 5.73. The summed E-state index contributed by atoms with van der Waals surface area (Å²) in [6, 6.07) is 0.669.